The summed E-state index contributed by atoms with van der Waals surface area (Å²) in [5, 5.41) is 9.12. The van der Waals surface area contributed by atoms with Crippen molar-refractivity contribution in [3.05, 3.63) is 0 Å². The molecule has 0 radical (unpaired) electrons. The van der Waals surface area contributed by atoms with Crippen molar-refractivity contribution in [3.8, 4) is 10.8 Å². The van der Waals surface area contributed by atoms with Gasteiger partial charge in [-0.2, -0.15) is 0 Å². The highest BCUT2D eigenvalue weighted by Crippen LogP contribution is 2.05. The molecule has 0 saturated carbocycles. The van der Waals surface area contributed by atoms with Gasteiger partial charge in [0.1, 0.15) is 5.60 Å². The quantitative estimate of drug-likeness (QED) is 0.601. The maximum atomic E-state index is 9.12. The van der Waals surface area contributed by atoms with Crippen LogP contribution in [0, 0.1) is 10.8 Å². The van der Waals surface area contributed by atoms with Crippen molar-refractivity contribution in [1.29, 1.82) is 0 Å². The zero-order valence-electron chi connectivity index (χ0n) is 5.03. The Balaban J connectivity index is 3.85. The second-order valence-electron chi connectivity index (χ2n) is 1.85. The van der Waals surface area contributed by atoms with E-state index in [1.54, 1.807) is 6.92 Å². The summed E-state index contributed by atoms with van der Waals surface area (Å²) in [7, 11) is 0. The van der Waals surface area contributed by atoms with Gasteiger partial charge >= 0.3 is 0 Å². The summed E-state index contributed by atoms with van der Waals surface area (Å²) in [5.74, 6) is 2.59. The second-order valence-corrected chi connectivity index (χ2v) is 2.24. The van der Waals surface area contributed by atoms with E-state index in [1.807, 2.05) is 6.92 Å². The molecule has 1 N–H and O–H groups in total. The van der Waals surface area contributed by atoms with Gasteiger partial charge in [0.2, 0.25) is 0 Å². The van der Waals surface area contributed by atoms with E-state index in [4.69, 9.17) is 5.11 Å². The minimum Gasteiger partial charge on any atom is -0.378 e. The van der Waals surface area contributed by atoms with Crippen molar-refractivity contribution in [1.82, 2.24) is 0 Å². The first kappa shape index (κ1) is 8.00. The molecule has 0 aromatic rings. The predicted molar refractivity (Wildman–Crippen MR) is 37.6 cm³/mol. The lowest BCUT2D eigenvalue weighted by atomic mass is 10.1. The van der Waals surface area contributed by atoms with E-state index in [0.717, 1.165) is 0 Å². The van der Waals surface area contributed by atoms with Crippen molar-refractivity contribution in [2.45, 2.75) is 25.9 Å². The molecule has 1 atom stereocenters. The monoisotopic (exact) mass is 176 g/mol. The lowest BCUT2D eigenvalue weighted by Gasteiger charge is -2.10. The lowest BCUT2D eigenvalue weighted by Crippen LogP contribution is -2.18. The van der Waals surface area contributed by atoms with Gasteiger partial charge in [-0.15, -0.1) is 0 Å². The molecular weight excluding hydrogens is 168 g/mol. The van der Waals surface area contributed by atoms with Crippen molar-refractivity contribution < 1.29 is 5.11 Å². The number of aliphatic hydroxyl groups is 1. The van der Waals surface area contributed by atoms with Crippen LogP contribution in [0.25, 0.3) is 0 Å². The molecule has 0 heterocycles. The Bertz CT molecular complexity index is 118. The van der Waals surface area contributed by atoms with E-state index >= 15 is 0 Å². The average Bonchev–Trinajstić information content (AvgIpc) is 1.67. The average molecular weight is 177 g/mol. The van der Waals surface area contributed by atoms with Gasteiger partial charge in [0.15, 0.2) is 0 Å². The van der Waals surface area contributed by atoms with Crippen molar-refractivity contribution in [3.63, 3.8) is 0 Å². The van der Waals surface area contributed by atoms with Gasteiger partial charge in [0, 0.05) is 15.9 Å². The number of halogens is 1. The number of hydrogen-bond acceptors (Lipinski definition) is 1. The van der Waals surface area contributed by atoms with Gasteiger partial charge in [-0.1, -0.05) is 12.8 Å². The summed E-state index contributed by atoms with van der Waals surface area (Å²) in [4.78, 5) is 2.47. The van der Waals surface area contributed by atoms with Crippen molar-refractivity contribution >= 4 is 15.9 Å². The first-order chi connectivity index (χ1) is 3.62. The van der Waals surface area contributed by atoms with E-state index in [2.05, 4.69) is 26.7 Å². The van der Waals surface area contributed by atoms with Gasteiger partial charge in [-0.25, -0.2) is 0 Å². The van der Waals surface area contributed by atoms with Crippen LogP contribution < -0.4 is 0 Å². The maximum Gasteiger partial charge on any atom is 0.123 e. The smallest absolute Gasteiger partial charge is 0.123 e. The van der Waals surface area contributed by atoms with Crippen LogP contribution in [0.4, 0.5) is 0 Å². The third kappa shape index (κ3) is 3.06. The zero-order chi connectivity index (χ0) is 6.62. The molecule has 0 amide bonds. The molecule has 2 heteroatoms. The van der Waals surface area contributed by atoms with Crippen LogP contribution in [0.2, 0.25) is 0 Å². The van der Waals surface area contributed by atoms with Crippen LogP contribution in [0.5, 0.6) is 0 Å². The Morgan fingerprint density at radius 2 is 2.25 bits per heavy atom. The molecule has 0 aliphatic heterocycles. The molecule has 0 bridgehead atoms. The van der Waals surface area contributed by atoms with Crippen LogP contribution in [-0.2, 0) is 0 Å². The SMILES string of the molecule is CC[C@@](C)(O)C#CBr. The Hall–Kier alpha value is 0. The molecule has 0 unspecified atom stereocenters. The molecule has 0 saturated heterocycles. The number of rotatable bonds is 1. The third-order valence-electron chi connectivity index (χ3n) is 1.00. The maximum absolute atomic E-state index is 9.12. The standard InChI is InChI=1S/C6H9BrO/c1-3-6(2,8)4-5-7/h8H,3H2,1-2H3/t6-/m1/s1. The summed E-state index contributed by atoms with van der Waals surface area (Å²) in [6, 6.07) is 0. The first-order valence-electron chi connectivity index (χ1n) is 2.47. The predicted octanol–water partition coefficient (Wildman–Crippen LogP) is 1.50. The fraction of sp³-hybridized carbons (Fsp3) is 0.667. The summed E-state index contributed by atoms with van der Waals surface area (Å²) in [6.45, 7) is 3.57. The Labute approximate surface area is 58.2 Å². The second kappa shape index (κ2) is 3.11. The topological polar surface area (TPSA) is 20.2 Å². The van der Waals surface area contributed by atoms with E-state index in [1.165, 1.54) is 0 Å². The van der Waals surface area contributed by atoms with E-state index in [9.17, 15) is 0 Å². The van der Waals surface area contributed by atoms with Gasteiger partial charge < -0.3 is 5.11 Å². The van der Waals surface area contributed by atoms with E-state index in [-0.39, 0.29) is 0 Å². The summed E-state index contributed by atoms with van der Waals surface area (Å²) in [5.41, 5.74) is -0.816. The molecular formula is C6H9BrO. The molecule has 1 nitrogen and oxygen atoms in total. The van der Waals surface area contributed by atoms with Gasteiger partial charge in [-0.05, 0) is 18.2 Å². The fourth-order valence-electron chi connectivity index (χ4n) is 0.190. The minimum atomic E-state index is -0.816. The van der Waals surface area contributed by atoms with Gasteiger partial charge in [0.25, 0.3) is 0 Å². The molecule has 0 aliphatic carbocycles. The zero-order valence-corrected chi connectivity index (χ0v) is 6.62. The van der Waals surface area contributed by atoms with Gasteiger partial charge in [-0.3, -0.25) is 0 Å². The number of hydrogen-bond donors (Lipinski definition) is 1. The van der Waals surface area contributed by atoms with E-state index < -0.39 is 5.60 Å². The first-order valence-corrected chi connectivity index (χ1v) is 3.27. The fourth-order valence-corrected chi connectivity index (χ4v) is 0.617. The molecule has 46 valence electrons. The molecule has 0 aliphatic rings. The largest absolute Gasteiger partial charge is 0.378 e. The molecule has 0 rings (SSSR count). The van der Waals surface area contributed by atoms with Crippen LogP contribution >= 0.6 is 15.9 Å². The molecule has 0 spiro atoms. The Morgan fingerprint density at radius 1 is 1.75 bits per heavy atom. The minimum absolute atomic E-state index is 0.658. The normalized spacial score (nSPS) is 16.0. The lowest BCUT2D eigenvalue weighted by molar-refractivity contribution is 0.118. The van der Waals surface area contributed by atoms with E-state index in [0.29, 0.717) is 6.42 Å². The van der Waals surface area contributed by atoms with Crippen LogP contribution in [-0.4, -0.2) is 10.7 Å². The van der Waals surface area contributed by atoms with Crippen LogP contribution in [0.1, 0.15) is 20.3 Å². The van der Waals surface area contributed by atoms with Crippen LogP contribution in [0.15, 0.2) is 0 Å². The summed E-state index contributed by atoms with van der Waals surface area (Å²) in [6.07, 6.45) is 0.658. The molecule has 8 heavy (non-hydrogen) atoms. The van der Waals surface area contributed by atoms with Crippen LogP contribution in [0.3, 0.4) is 0 Å². The Kier molecular flexibility index (Phi) is 3.11. The van der Waals surface area contributed by atoms with Gasteiger partial charge in [0.05, 0.1) is 0 Å². The highest BCUT2D eigenvalue weighted by Gasteiger charge is 2.11. The van der Waals surface area contributed by atoms with Crippen molar-refractivity contribution in [2.75, 3.05) is 0 Å². The third-order valence-corrected chi connectivity index (χ3v) is 1.20. The summed E-state index contributed by atoms with van der Waals surface area (Å²) < 4.78 is 0. The molecule has 0 fully saturated rings. The Morgan fingerprint density at radius 3 is 2.38 bits per heavy atom. The molecule has 0 aromatic heterocycles. The highest BCUT2D eigenvalue weighted by molar-refractivity contribution is 9.12. The molecule has 0 aromatic carbocycles. The van der Waals surface area contributed by atoms with Crippen molar-refractivity contribution in [2.24, 2.45) is 0 Å². The summed E-state index contributed by atoms with van der Waals surface area (Å²) >= 11 is 2.90. The highest BCUT2D eigenvalue weighted by atomic mass is 79.9.